The summed E-state index contributed by atoms with van der Waals surface area (Å²) in [5.41, 5.74) is 2.17. The van der Waals surface area contributed by atoms with Gasteiger partial charge in [-0.3, -0.25) is 9.69 Å². The van der Waals surface area contributed by atoms with Crippen LogP contribution in [0.15, 0.2) is 18.2 Å². The summed E-state index contributed by atoms with van der Waals surface area (Å²) in [4.78, 5) is 29.6. The highest BCUT2D eigenvalue weighted by Gasteiger charge is 2.22. The molecule has 3 N–H and O–H groups in total. The molecule has 0 spiro atoms. The summed E-state index contributed by atoms with van der Waals surface area (Å²) in [6, 6.07) is 5.34. The van der Waals surface area contributed by atoms with Gasteiger partial charge in [-0.2, -0.15) is 0 Å². The van der Waals surface area contributed by atoms with E-state index in [1.807, 2.05) is 19.1 Å². The number of carbonyl (C=O) groups is 2. The van der Waals surface area contributed by atoms with Crippen molar-refractivity contribution in [1.29, 1.82) is 0 Å². The van der Waals surface area contributed by atoms with Crippen molar-refractivity contribution < 1.29 is 14.3 Å². The van der Waals surface area contributed by atoms with Gasteiger partial charge in [0.2, 0.25) is 0 Å². The highest BCUT2D eigenvalue weighted by Crippen LogP contribution is 2.28. The highest BCUT2D eigenvalue weighted by molar-refractivity contribution is 6.02. The lowest BCUT2D eigenvalue weighted by atomic mass is 9.98. The lowest BCUT2D eigenvalue weighted by Crippen LogP contribution is -2.41. The summed E-state index contributed by atoms with van der Waals surface area (Å²) in [5.74, 6) is 0.613. The normalized spacial score (nSPS) is 18.1. The molecule has 2 fully saturated rings. The monoisotopic (exact) mass is 417 g/mol. The van der Waals surface area contributed by atoms with Crippen LogP contribution < -0.4 is 20.9 Å². The van der Waals surface area contributed by atoms with E-state index in [0.29, 0.717) is 30.3 Å². The average Bonchev–Trinajstić information content (AvgIpc) is 2.75. The summed E-state index contributed by atoms with van der Waals surface area (Å²) < 4.78 is 5.37. The maximum absolute atomic E-state index is 13.1. The van der Waals surface area contributed by atoms with Crippen LogP contribution in [0, 0.1) is 5.92 Å². The number of rotatable bonds is 7. The molecule has 2 heterocycles. The zero-order valence-corrected chi connectivity index (χ0v) is 18.2. The van der Waals surface area contributed by atoms with Crippen molar-refractivity contribution in [3.63, 3.8) is 0 Å². The molecule has 2 aliphatic heterocycles. The SMILES string of the molecule is CCNC(=O)Nc1ccc(N2CCC(C)CC2)c(C(=O)NCCN2CCOCC2)c1. The van der Waals surface area contributed by atoms with Gasteiger partial charge in [0.1, 0.15) is 0 Å². The first-order valence-electron chi connectivity index (χ1n) is 11.1. The molecule has 1 aromatic carbocycles. The maximum Gasteiger partial charge on any atom is 0.319 e. The Labute approximate surface area is 179 Å². The van der Waals surface area contributed by atoms with Gasteiger partial charge in [0.15, 0.2) is 0 Å². The van der Waals surface area contributed by atoms with Crippen molar-refractivity contribution in [2.45, 2.75) is 26.7 Å². The number of ether oxygens (including phenoxy) is 1. The minimum Gasteiger partial charge on any atom is -0.379 e. The van der Waals surface area contributed by atoms with E-state index in [1.165, 1.54) is 0 Å². The number of piperidine rings is 1. The number of hydrogen-bond acceptors (Lipinski definition) is 5. The first-order valence-corrected chi connectivity index (χ1v) is 11.1. The number of amides is 3. The lowest BCUT2D eigenvalue weighted by molar-refractivity contribution is 0.0383. The van der Waals surface area contributed by atoms with E-state index >= 15 is 0 Å². The van der Waals surface area contributed by atoms with Gasteiger partial charge in [-0.15, -0.1) is 0 Å². The molecule has 1 aromatic rings. The number of nitrogens with zero attached hydrogens (tertiary/aromatic N) is 2. The van der Waals surface area contributed by atoms with Crippen LogP contribution in [-0.2, 0) is 4.74 Å². The van der Waals surface area contributed by atoms with Gasteiger partial charge < -0.3 is 25.6 Å². The van der Waals surface area contributed by atoms with Crippen LogP contribution in [0.5, 0.6) is 0 Å². The smallest absolute Gasteiger partial charge is 0.319 e. The number of hydrogen-bond donors (Lipinski definition) is 3. The fourth-order valence-corrected chi connectivity index (χ4v) is 3.90. The molecule has 0 radical (unpaired) electrons. The van der Waals surface area contributed by atoms with Crippen molar-refractivity contribution in [3.05, 3.63) is 23.8 Å². The molecule has 3 rings (SSSR count). The van der Waals surface area contributed by atoms with E-state index in [2.05, 4.69) is 32.7 Å². The summed E-state index contributed by atoms with van der Waals surface area (Å²) in [6.45, 7) is 11.3. The number of nitrogens with one attached hydrogen (secondary N) is 3. The van der Waals surface area contributed by atoms with Crippen LogP contribution in [0.2, 0.25) is 0 Å². The molecular weight excluding hydrogens is 382 g/mol. The van der Waals surface area contributed by atoms with Gasteiger partial charge in [-0.1, -0.05) is 6.92 Å². The minimum absolute atomic E-state index is 0.101. The summed E-state index contributed by atoms with van der Waals surface area (Å²) in [6.07, 6.45) is 2.24. The fourth-order valence-electron chi connectivity index (χ4n) is 3.90. The van der Waals surface area contributed by atoms with Crippen molar-refractivity contribution in [2.24, 2.45) is 5.92 Å². The second-order valence-corrected chi connectivity index (χ2v) is 8.10. The standard InChI is InChI=1S/C22H35N5O3/c1-3-23-22(29)25-18-4-5-20(27-9-6-17(2)7-10-27)19(16-18)21(28)24-8-11-26-12-14-30-15-13-26/h4-5,16-17H,3,6-15H2,1-2H3,(H,24,28)(H2,23,25,29). The average molecular weight is 418 g/mol. The molecule has 2 aliphatic rings. The summed E-state index contributed by atoms with van der Waals surface area (Å²) in [7, 11) is 0. The van der Waals surface area contributed by atoms with E-state index in [9.17, 15) is 9.59 Å². The van der Waals surface area contributed by atoms with Crippen LogP contribution in [0.25, 0.3) is 0 Å². The van der Waals surface area contributed by atoms with E-state index in [-0.39, 0.29) is 11.9 Å². The lowest BCUT2D eigenvalue weighted by Gasteiger charge is -2.33. The molecular formula is C22H35N5O3. The van der Waals surface area contributed by atoms with Crippen molar-refractivity contribution >= 4 is 23.3 Å². The molecule has 0 unspecified atom stereocenters. The van der Waals surface area contributed by atoms with Crippen molar-refractivity contribution in [2.75, 3.05) is 69.2 Å². The molecule has 0 bridgehead atoms. The van der Waals surface area contributed by atoms with Crippen LogP contribution in [0.4, 0.5) is 16.2 Å². The Morgan fingerprint density at radius 3 is 2.53 bits per heavy atom. The van der Waals surface area contributed by atoms with E-state index in [4.69, 9.17) is 4.74 Å². The Hall–Kier alpha value is -2.32. The Kier molecular flexibility index (Phi) is 8.33. The zero-order chi connectivity index (χ0) is 21.3. The van der Waals surface area contributed by atoms with Gasteiger partial charge in [0, 0.05) is 57.2 Å². The number of urea groups is 1. The predicted molar refractivity (Wildman–Crippen MR) is 119 cm³/mol. The largest absolute Gasteiger partial charge is 0.379 e. The second kappa shape index (κ2) is 11.2. The molecule has 30 heavy (non-hydrogen) atoms. The van der Waals surface area contributed by atoms with Gasteiger partial charge in [0.25, 0.3) is 5.91 Å². The first-order chi connectivity index (χ1) is 14.6. The van der Waals surface area contributed by atoms with Gasteiger partial charge in [-0.25, -0.2) is 4.79 Å². The molecule has 0 saturated carbocycles. The topological polar surface area (TPSA) is 85.9 Å². The molecule has 8 nitrogen and oxygen atoms in total. The number of anilines is 2. The molecule has 8 heteroatoms. The number of morpholine rings is 1. The van der Waals surface area contributed by atoms with E-state index in [1.54, 1.807) is 6.07 Å². The highest BCUT2D eigenvalue weighted by atomic mass is 16.5. The third kappa shape index (κ3) is 6.34. The maximum atomic E-state index is 13.1. The summed E-state index contributed by atoms with van der Waals surface area (Å²) >= 11 is 0. The van der Waals surface area contributed by atoms with Crippen LogP contribution in [0.3, 0.4) is 0 Å². The first kappa shape index (κ1) is 22.4. The van der Waals surface area contributed by atoms with Crippen molar-refractivity contribution in [1.82, 2.24) is 15.5 Å². The van der Waals surface area contributed by atoms with Crippen LogP contribution in [0.1, 0.15) is 37.0 Å². The fraction of sp³-hybridized carbons (Fsp3) is 0.636. The molecule has 0 aliphatic carbocycles. The predicted octanol–water partition coefficient (Wildman–Crippen LogP) is 2.13. The van der Waals surface area contributed by atoms with Crippen LogP contribution in [-0.4, -0.2) is 75.9 Å². The minimum atomic E-state index is -0.268. The number of carbonyl (C=O) groups excluding carboxylic acids is 2. The number of benzene rings is 1. The Bertz CT molecular complexity index is 713. The Morgan fingerprint density at radius 1 is 1.10 bits per heavy atom. The van der Waals surface area contributed by atoms with Crippen molar-refractivity contribution in [3.8, 4) is 0 Å². The Morgan fingerprint density at radius 2 is 1.83 bits per heavy atom. The molecule has 3 amide bonds. The van der Waals surface area contributed by atoms with Gasteiger partial charge in [-0.05, 0) is 43.9 Å². The zero-order valence-electron chi connectivity index (χ0n) is 18.2. The molecule has 2 saturated heterocycles. The molecule has 0 atom stereocenters. The van der Waals surface area contributed by atoms with E-state index in [0.717, 1.165) is 64.5 Å². The molecule has 166 valence electrons. The van der Waals surface area contributed by atoms with E-state index < -0.39 is 0 Å². The second-order valence-electron chi connectivity index (χ2n) is 8.10. The van der Waals surface area contributed by atoms with Crippen LogP contribution >= 0.6 is 0 Å². The third-order valence-electron chi connectivity index (χ3n) is 5.78. The Balaban J connectivity index is 1.69. The quantitative estimate of drug-likeness (QED) is 0.633. The third-order valence-corrected chi connectivity index (χ3v) is 5.78. The van der Waals surface area contributed by atoms with Gasteiger partial charge >= 0.3 is 6.03 Å². The molecule has 0 aromatic heterocycles. The summed E-state index contributed by atoms with van der Waals surface area (Å²) in [5, 5.41) is 8.60. The van der Waals surface area contributed by atoms with Gasteiger partial charge in [0.05, 0.1) is 18.8 Å².